The first-order chi connectivity index (χ1) is 8.18. The number of benzene rings is 1. The molecule has 17 heavy (non-hydrogen) atoms. The zero-order chi connectivity index (χ0) is 12.3. The fraction of sp³-hybridized carbons (Fsp3) is 0.462. The SMILES string of the molecule is CN(CCOc1ccccc1)C(=O)C1CC1N. The number of hydrogen-bond donors (Lipinski definition) is 1. The molecule has 0 radical (unpaired) electrons. The molecule has 4 heteroatoms. The minimum atomic E-state index is 0.0386. The van der Waals surface area contributed by atoms with Gasteiger partial charge in [-0.1, -0.05) is 18.2 Å². The normalized spacial score (nSPS) is 22.0. The van der Waals surface area contributed by atoms with E-state index in [-0.39, 0.29) is 17.9 Å². The molecule has 0 saturated heterocycles. The third-order valence-electron chi connectivity index (χ3n) is 2.97. The van der Waals surface area contributed by atoms with E-state index in [9.17, 15) is 4.79 Å². The van der Waals surface area contributed by atoms with Gasteiger partial charge in [0.1, 0.15) is 12.4 Å². The van der Waals surface area contributed by atoms with Crippen LogP contribution in [0, 0.1) is 5.92 Å². The molecule has 1 fully saturated rings. The lowest BCUT2D eigenvalue weighted by molar-refractivity contribution is -0.131. The largest absolute Gasteiger partial charge is 0.492 e. The van der Waals surface area contributed by atoms with Gasteiger partial charge in [0.05, 0.1) is 12.5 Å². The molecule has 0 aromatic heterocycles. The Labute approximate surface area is 101 Å². The van der Waals surface area contributed by atoms with Gasteiger partial charge in [0.2, 0.25) is 5.91 Å². The van der Waals surface area contributed by atoms with Gasteiger partial charge in [0, 0.05) is 13.1 Å². The lowest BCUT2D eigenvalue weighted by Crippen LogP contribution is -2.33. The van der Waals surface area contributed by atoms with Gasteiger partial charge < -0.3 is 15.4 Å². The van der Waals surface area contributed by atoms with Crippen LogP contribution in [-0.2, 0) is 4.79 Å². The zero-order valence-electron chi connectivity index (χ0n) is 10.0. The Hall–Kier alpha value is -1.55. The highest BCUT2D eigenvalue weighted by Gasteiger charge is 2.41. The first-order valence-corrected chi connectivity index (χ1v) is 5.87. The molecule has 0 spiro atoms. The predicted octanol–water partition coefficient (Wildman–Crippen LogP) is 0.871. The minimum Gasteiger partial charge on any atom is -0.492 e. The second kappa shape index (κ2) is 5.19. The summed E-state index contributed by atoms with van der Waals surface area (Å²) in [6.07, 6.45) is 0.822. The van der Waals surface area contributed by atoms with Gasteiger partial charge in [0.25, 0.3) is 0 Å². The van der Waals surface area contributed by atoms with Crippen LogP contribution in [0.1, 0.15) is 6.42 Å². The van der Waals surface area contributed by atoms with Gasteiger partial charge in [-0.2, -0.15) is 0 Å². The van der Waals surface area contributed by atoms with Gasteiger partial charge in [-0.05, 0) is 18.6 Å². The minimum absolute atomic E-state index is 0.0386. The Morgan fingerprint density at radius 3 is 2.71 bits per heavy atom. The van der Waals surface area contributed by atoms with E-state index in [1.807, 2.05) is 30.3 Å². The molecule has 4 nitrogen and oxygen atoms in total. The number of carbonyl (C=O) groups is 1. The molecule has 1 aliphatic carbocycles. The van der Waals surface area contributed by atoms with Crippen molar-refractivity contribution in [2.45, 2.75) is 12.5 Å². The first-order valence-electron chi connectivity index (χ1n) is 5.87. The van der Waals surface area contributed by atoms with Crippen LogP contribution in [0.25, 0.3) is 0 Å². The molecule has 0 heterocycles. The first kappa shape index (κ1) is 11.9. The maximum absolute atomic E-state index is 11.7. The second-order valence-electron chi connectivity index (χ2n) is 4.43. The van der Waals surface area contributed by atoms with Crippen LogP contribution in [0.2, 0.25) is 0 Å². The zero-order valence-corrected chi connectivity index (χ0v) is 10.0. The van der Waals surface area contributed by atoms with Gasteiger partial charge in [-0.15, -0.1) is 0 Å². The number of nitrogens with zero attached hydrogens (tertiary/aromatic N) is 1. The maximum atomic E-state index is 11.7. The molecule has 1 aromatic carbocycles. The molecule has 92 valence electrons. The number of carbonyl (C=O) groups excluding carboxylic acids is 1. The molecule has 0 bridgehead atoms. The van der Waals surface area contributed by atoms with Crippen molar-refractivity contribution in [1.82, 2.24) is 4.90 Å². The summed E-state index contributed by atoms with van der Waals surface area (Å²) in [5, 5.41) is 0. The van der Waals surface area contributed by atoms with Gasteiger partial charge in [-0.25, -0.2) is 0 Å². The van der Waals surface area contributed by atoms with E-state index in [0.29, 0.717) is 13.2 Å². The van der Waals surface area contributed by atoms with Crippen molar-refractivity contribution in [3.05, 3.63) is 30.3 Å². The van der Waals surface area contributed by atoms with Crippen molar-refractivity contribution < 1.29 is 9.53 Å². The maximum Gasteiger partial charge on any atom is 0.227 e. The van der Waals surface area contributed by atoms with E-state index in [0.717, 1.165) is 12.2 Å². The second-order valence-corrected chi connectivity index (χ2v) is 4.43. The Balaban J connectivity index is 1.70. The number of hydrogen-bond acceptors (Lipinski definition) is 3. The van der Waals surface area contributed by atoms with E-state index in [2.05, 4.69) is 0 Å². The highest BCUT2D eigenvalue weighted by molar-refractivity contribution is 5.82. The molecule has 1 aromatic rings. The van der Waals surface area contributed by atoms with Crippen molar-refractivity contribution in [2.75, 3.05) is 20.2 Å². The summed E-state index contributed by atoms with van der Waals surface area (Å²) in [6.45, 7) is 1.10. The van der Waals surface area contributed by atoms with Crippen molar-refractivity contribution in [1.29, 1.82) is 0 Å². The molecular formula is C13H18N2O2. The summed E-state index contributed by atoms with van der Waals surface area (Å²) in [7, 11) is 1.79. The van der Waals surface area contributed by atoms with Gasteiger partial charge >= 0.3 is 0 Å². The number of rotatable bonds is 5. The summed E-state index contributed by atoms with van der Waals surface area (Å²) < 4.78 is 5.53. The molecule has 2 atom stereocenters. The summed E-state index contributed by atoms with van der Waals surface area (Å²) in [5.41, 5.74) is 5.65. The predicted molar refractivity (Wildman–Crippen MR) is 65.7 cm³/mol. The van der Waals surface area contributed by atoms with Crippen LogP contribution >= 0.6 is 0 Å². The average molecular weight is 234 g/mol. The van der Waals surface area contributed by atoms with Crippen LogP contribution in [0.3, 0.4) is 0 Å². The van der Waals surface area contributed by atoms with Crippen LogP contribution < -0.4 is 10.5 Å². The highest BCUT2D eigenvalue weighted by Crippen LogP contribution is 2.29. The summed E-state index contributed by atoms with van der Waals surface area (Å²) >= 11 is 0. The highest BCUT2D eigenvalue weighted by atomic mass is 16.5. The Morgan fingerprint density at radius 2 is 2.12 bits per heavy atom. The smallest absolute Gasteiger partial charge is 0.227 e. The van der Waals surface area contributed by atoms with Crippen LogP contribution in [0.5, 0.6) is 5.75 Å². The third-order valence-corrected chi connectivity index (χ3v) is 2.97. The molecule has 1 aliphatic rings. The van der Waals surface area contributed by atoms with Crippen LogP contribution in [-0.4, -0.2) is 37.0 Å². The summed E-state index contributed by atoms with van der Waals surface area (Å²) in [4.78, 5) is 13.4. The third kappa shape index (κ3) is 3.20. The van der Waals surface area contributed by atoms with Gasteiger partial charge in [0.15, 0.2) is 0 Å². The molecule has 1 saturated carbocycles. The topological polar surface area (TPSA) is 55.6 Å². The van der Waals surface area contributed by atoms with E-state index in [1.54, 1.807) is 11.9 Å². The van der Waals surface area contributed by atoms with Crippen molar-refractivity contribution in [3.8, 4) is 5.75 Å². The summed E-state index contributed by atoms with van der Waals surface area (Å²) in [6, 6.07) is 9.66. The average Bonchev–Trinajstić information content (AvgIpc) is 3.06. The number of likely N-dealkylation sites (N-methyl/N-ethyl adjacent to an activating group) is 1. The van der Waals surface area contributed by atoms with E-state index < -0.39 is 0 Å². The Kier molecular flexibility index (Phi) is 3.64. The number of nitrogens with two attached hydrogens (primary N) is 1. The van der Waals surface area contributed by atoms with Crippen molar-refractivity contribution >= 4 is 5.91 Å². The lowest BCUT2D eigenvalue weighted by atomic mass is 10.3. The molecule has 2 N–H and O–H groups in total. The standard InChI is InChI=1S/C13H18N2O2/c1-15(13(16)11-9-12(11)14)7-8-17-10-5-3-2-4-6-10/h2-6,11-12H,7-9,14H2,1H3. The van der Waals surface area contributed by atoms with Gasteiger partial charge in [-0.3, -0.25) is 4.79 Å². The number of amides is 1. The molecule has 2 rings (SSSR count). The van der Waals surface area contributed by atoms with E-state index >= 15 is 0 Å². The van der Waals surface area contributed by atoms with Crippen LogP contribution in [0.15, 0.2) is 30.3 Å². The van der Waals surface area contributed by atoms with E-state index in [4.69, 9.17) is 10.5 Å². The fourth-order valence-corrected chi connectivity index (χ4v) is 1.71. The molecular weight excluding hydrogens is 216 g/mol. The van der Waals surface area contributed by atoms with Crippen LogP contribution in [0.4, 0.5) is 0 Å². The number of para-hydroxylation sites is 1. The molecule has 2 unspecified atom stereocenters. The molecule has 1 amide bonds. The van der Waals surface area contributed by atoms with E-state index in [1.165, 1.54) is 0 Å². The monoisotopic (exact) mass is 234 g/mol. The summed E-state index contributed by atoms with van der Waals surface area (Å²) in [5.74, 6) is 1.00. The fourth-order valence-electron chi connectivity index (χ4n) is 1.71. The van der Waals surface area contributed by atoms with Crippen molar-refractivity contribution in [3.63, 3.8) is 0 Å². The van der Waals surface area contributed by atoms with Crippen molar-refractivity contribution in [2.24, 2.45) is 11.7 Å². The number of ether oxygens (including phenoxy) is 1. The Bertz CT molecular complexity index is 380. The Morgan fingerprint density at radius 1 is 1.47 bits per heavy atom. The quantitative estimate of drug-likeness (QED) is 0.822. The molecule has 0 aliphatic heterocycles. The lowest BCUT2D eigenvalue weighted by Gasteiger charge is -2.17.